The normalized spacial score (nSPS) is 9.04. The monoisotopic (exact) mass is 314 g/mol. The van der Waals surface area contributed by atoms with Gasteiger partial charge in [0.1, 0.15) is 0 Å². The molecule has 4 heteroatoms. The number of carboxylic acid groups (broad SMARTS) is 1. The zero-order valence-electron chi connectivity index (χ0n) is 13.0. The van der Waals surface area contributed by atoms with Crippen molar-refractivity contribution in [2.24, 2.45) is 0 Å². The fourth-order valence-corrected chi connectivity index (χ4v) is 2.84. The Morgan fingerprint density at radius 1 is 0.652 bits per heavy atom. The molecule has 3 rings (SSSR count). The first-order valence-corrected chi connectivity index (χ1v) is 7.89. The molecule has 110 valence electrons. The molecule has 0 aromatic heterocycles. The van der Waals surface area contributed by atoms with E-state index in [1.807, 2.05) is 0 Å². The van der Waals surface area contributed by atoms with Crippen molar-refractivity contribution in [2.45, 2.75) is 0 Å². The summed E-state index contributed by atoms with van der Waals surface area (Å²) in [4.78, 5) is 10.1. The summed E-state index contributed by atoms with van der Waals surface area (Å²) >= 11 is 0. The summed E-state index contributed by atoms with van der Waals surface area (Å²) in [6.07, 6.45) is 0. The number of carbonyl (C=O) groups is 1. The summed E-state index contributed by atoms with van der Waals surface area (Å²) in [6.45, 7) is 0. The van der Waals surface area contributed by atoms with Crippen LogP contribution in [0, 0.1) is 0 Å². The van der Waals surface area contributed by atoms with E-state index >= 15 is 0 Å². The fraction of sp³-hybridized carbons (Fsp3) is 0. The summed E-state index contributed by atoms with van der Waals surface area (Å²) in [5, 5.41) is 12.9. The molecular weight excluding hydrogens is 298 g/mol. The second kappa shape index (κ2) is 10.8. The average molecular weight is 314 g/mol. The molecule has 23 heavy (non-hydrogen) atoms. The van der Waals surface area contributed by atoms with Crippen LogP contribution in [0.4, 0.5) is 0 Å². The van der Waals surface area contributed by atoms with Crippen LogP contribution < -0.4 is 34.6 Å². The first kappa shape index (κ1) is 19.2. The van der Waals surface area contributed by atoms with Gasteiger partial charge in [-0.05, 0) is 16.2 Å². The van der Waals surface area contributed by atoms with Crippen LogP contribution in [0.15, 0.2) is 91.0 Å². The number of carbonyl (C=O) groups excluding carboxylic acids is 1. The number of hydrogen-bond acceptors (Lipinski definition) is 2. The topological polar surface area (TPSA) is 40.1 Å². The minimum Gasteiger partial charge on any atom is -0.545 e. The van der Waals surface area contributed by atoms with Crippen molar-refractivity contribution in [3.63, 3.8) is 0 Å². The summed E-state index contributed by atoms with van der Waals surface area (Å²) < 4.78 is 0. The number of rotatable bonds is 3. The van der Waals surface area contributed by atoms with Crippen molar-refractivity contribution in [3.8, 4) is 0 Å². The van der Waals surface area contributed by atoms with Gasteiger partial charge in [0.15, 0.2) is 0 Å². The Morgan fingerprint density at radius 3 is 1.30 bits per heavy atom. The van der Waals surface area contributed by atoms with Crippen LogP contribution in [-0.2, 0) is 0 Å². The summed E-state index contributed by atoms with van der Waals surface area (Å²) in [5.74, 6) is -1.13. The first-order valence-electron chi connectivity index (χ1n) is 6.89. The molecule has 3 aromatic carbocycles. The standard InChI is InChI=1S/C12H11P.C7H6O2.Li/c1-3-7-11(8-4-1)13-12-9-5-2-6-10-12;8-7(9)6-4-2-1-3-5-6;/h1-10,13H;1-5H,(H,8,9);/q;;+1/p-1. The van der Waals surface area contributed by atoms with Crippen LogP contribution >= 0.6 is 8.58 Å². The summed E-state index contributed by atoms with van der Waals surface area (Å²) in [5.41, 5.74) is 0.220. The molecule has 0 atom stereocenters. The predicted molar refractivity (Wildman–Crippen MR) is 91.2 cm³/mol. The van der Waals surface area contributed by atoms with E-state index in [0.29, 0.717) is 0 Å². The first-order chi connectivity index (χ1) is 10.8. The third-order valence-electron chi connectivity index (χ3n) is 2.85. The maximum Gasteiger partial charge on any atom is 1.00 e. The Balaban J connectivity index is 0.000000235. The van der Waals surface area contributed by atoms with Crippen molar-refractivity contribution in [1.82, 2.24) is 0 Å². The van der Waals surface area contributed by atoms with Crippen molar-refractivity contribution in [1.29, 1.82) is 0 Å². The molecule has 0 heterocycles. The van der Waals surface area contributed by atoms with Crippen molar-refractivity contribution in [3.05, 3.63) is 96.6 Å². The molecule has 0 aliphatic carbocycles. The van der Waals surface area contributed by atoms with E-state index in [4.69, 9.17) is 0 Å². The zero-order chi connectivity index (χ0) is 15.6. The maximum atomic E-state index is 10.1. The fourth-order valence-electron chi connectivity index (χ4n) is 1.78. The number of carboxylic acids is 1. The van der Waals surface area contributed by atoms with Gasteiger partial charge in [0.05, 0.1) is 5.97 Å². The number of aromatic carboxylic acids is 1. The van der Waals surface area contributed by atoms with Crippen LogP contribution in [0.3, 0.4) is 0 Å². The SMILES string of the molecule is O=C([O-])c1ccccc1.[Li+].c1ccc(Pc2ccccc2)cc1. The van der Waals surface area contributed by atoms with Crippen LogP contribution in [0.1, 0.15) is 10.4 Å². The Kier molecular flexibility index (Phi) is 9.03. The van der Waals surface area contributed by atoms with Gasteiger partial charge in [-0.25, -0.2) is 0 Å². The van der Waals surface area contributed by atoms with E-state index in [1.165, 1.54) is 22.7 Å². The smallest absolute Gasteiger partial charge is 0.545 e. The molecule has 2 nitrogen and oxygen atoms in total. The number of benzene rings is 3. The van der Waals surface area contributed by atoms with Gasteiger partial charge in [-0.15, -0.1) is 0 Å². The van der Waals surface area contributed by atoms with Crippen LogP contribution in [-0.4, -0.2) is 5.97 Å². The van der Waals surface area contributed by atoms with Gasteiger partial charge in [-0.2, -0.15) is 0 Å². The van der Waals surface area contributed by atoms with Gasteiger partial charge in [0.2, 0.25) is 0 Å². The van der Waals surface area contributed by atoms with E-state index in [2.05, 4.69) is 60.7 Å². The molecule has 0 radical (unpaired) electrons. The van der Waals surface area contributed by atoms with Crippen molar-refractivity contribution in [2.75, 3.05) is 0 Å². The van der Waals surface area contributed by atoms with Crippen LogP contribution in [0.2, 0.25) is 0 Å². The number of hydrogen-bond donors (Lipinski definition) is 0. The third-order valence-corrected chi connectivity index (χ3v) is 4.09. The maximum absolute atomic E-state index is 10.1. The molecule has 0 N–H and O–H groups in total. The second-order valence-corrected chi connectivity index (χ2v) is 5.92. The molecule has 3 aromatic rings. The molecule has 0 spiro atoms. The third kappa shape index (κ3) is 7.31. The predicted octanol–water partition coefficient (Wildman–Crippen LogP) is -0.630. The van der Waals surface area contributed by atoms with Gasteiger partial charge < -0.3 is 9.90 Å². The molecule has 0 aliphatic heterocycles. The Bertz CT molecular complexity index is 651. The van der Waals surface area contributed by atoms with Gasteiger partial charge in [0, 0.05) is 0 Å². The van der Waals surface area contributed by atoms with E-state index in [1.54, 1.807) is 18.2 Å². The van der Waals surface area contributed by atoms with Gasteiger partial charge >= 0.3 is 18.9 Å². The quantitative estimate of drug-likeness (QED) is 0.477. The van der Waals surface area contributed by atoms with Gasteiger partial charge in [0.25, 0.3) is 0 Å². The van der Waals surface area contributed by atoms with E-state index in [-0.39, 0.29) is 24.4 Å². The molecule has 0 saturated carbocycles. The van der Waals surface area contributed by atoms with E-state index < -0.39 is 5.97 Å². The van der Waals surface area contributed by atoms with Gasteiger partial charge in [-0.1, -0.05) is 99.6 Å². The van der Waals surface area contributed by atoms with Crippen molar-refractivity contribution >= 4 is 25.2 Å². The second-order valence-electron chi connectivity index (χ2n) is 4.51. The molecule has 0 aliphatic rings. The molecule has 0 fully saturated rings. The Labute approximate surface area is 150 Å². The largest absolute Gasteiger partial charge is 1.00 e. The van der Waals surface area contributed by atoms with E-state index in [0.717, 1.165) is 8.58 Å². The Hall–Kier alpha value is -1.84. The molecule has 0 unspecified atom stereocenters. The van der Waals surface area contributed by atoms with Crippen LogP contribution in [0.5, 0.6) is 0 Å². The average Bonchev–Trinajstić information content (AvgIpc) is 2.58. The summed E-state index contributed by atoms with van der Waals surface area (Å²) in [7, 11) is 0.777. The Morgan fingerprint density at radius 2 is 1.00 bits per heavy atom. The van der Waals surface area contributed by atoms with Crippen molar-refractivity contribution < 1.29 is 28.8 Å². The minimum absolute atomic E-state index is 0. The minimum atomic E-state index is -1.13. The van der Waals surface area contributed by atoms with Gasteiger partial charge in [-0.3, -0.25) is 0 Å². The molecule has 0 amide bonds. The van der Waals surface area contributed by atoms with Crippen LogP contribution in [0.25, 0.3) is 0 Å². The van der Waals surface area contributed by atoms with E-state index in [9.17, 15) is 9.90 Å². The summed E-state index contributed by atoms with van der Waals surface area (Å²) in [6, 6.07) is 29.2. The molecular formula is C19H16LiO2P. The molecule has 0 bridgehead atoms. The zero-order valence-corrected chi connectivity index (χ0v) is 14.0. The molecule has 0 saturated heterocycles.